The van der Waals surface area contributed by atoms with Crippen LogP contribution < -0.4 is 5.32 Å². The van der Waals surface area contributed by atoms with Crippen molar-refractivity contribution in [3.05, 3.63) is 24.2 Å². The fraction of sp³-hybridized carbons (Fsp3) is 0.636. The summed E-state index contributed by atoms with van der Waals surface area (Å²) in [6, 6.07) is 1.92. The first-order chi connectivity index (χ1) is 7.29. The number of hydrogen-bond acceptors (Lipinski definition) is 4. The molecule has 1 aromatic rings. The van der Waals surface area contributed by atoms with Gasteiger partial charge in [-0.05, 0) is 6.07 Å². The summed E-state index contributed by atoms with van der Waals surface area (Å²) in [7, 11) is 0. The molecule has 1 aliphatic rings. The van der Waals surface area contributed by atoms with Crippen molar-refractivity contribution in [1.29, 1.82) is 0 Å². The highest BCUT2D eigenvalue weighted by Gasteiger charge is 2.28. The van der Waals surface area contributed by atoms with Gasteiger partial charge >= 0.3 is 0 Å². The summed E-state index contributed by atoms with van der Waals surface area (Å²) in [6.45, 7) is 2.66. The molecule has 0 radical (unpaired) electrons. The van der Waals surface area contributed by atoms with Crippen LogP contribution in [0.5, 0.6) is 0 Å². The van der Waals surface area contributed by atoms with E-state index in [0.29, 0.717) is 32.6 Å². The first-order valence-corrected chi connectivity index (χ1v) is 5.30. The van der Waals surface area contributed by atoms with E-state index in [1.165, 1.54) is 0 Å². The van der Waals surface area contributed by atoms with Crippen LogP contribution in [0.15, 0.2) is 23.0 Å². The van der Waals surface area contributed by atoms with Crippen LogP contribution in [0.3, 0.4) is 0 Å². The highest BCUT2D eigenvalue weighted by molar-refractivity contribution is 5.04. The van der Waals surface area contributed by atoms with Crippen LogP contribution in [-0.4, -0.2) is 30.5 Å². The number of aliphatic hydroxyl groups is 1. The number of hydrogen-bond donors (Lipinski definition) is 2. The Labute approximate surface area is 89.2 Å². The third-order valence-corrected chi connectivity index (χ3v) is 2.79. The molecule has 0 amide bonds. The van der Waals surface area contributed by atoms with Crippen LogP contribution >= 0.6 is 0 Å². The normalized spacial score (nSPS) is 20.3. The Morgan fingerprint density at radius 2 is 2.20 bits per heavy atom. The van der Waals surface area contributed by atoms with Crippen LogP contribution in [-0.2, 0) is 11.3 Å². The van der Waals surface area contributed by atoms with Crippen molar-refractivity contribution >= 4 is 0 Å². The van der Waals surface area contributed by atoms with Gasteiger partial charge in [-0.25, -0.2) is 0 Å². The van der Waals surface area contributed by atoms with Crippen molar-refractivity contribution in [2.45, 2.75) is 25.0 Å². The molecule has 0 bridgehead atoms. The molecule has 1 fully saturated rings. The monoisotopic (exact) mass is 211 g/mol. The van der Waals surface area contributed by atoms with Gasteiger partial charge in [0.15, 0.2) is 0 Å². The zero-order valence-corrected chi connectivity index (χ0v) is 8.74. The van der Waals surface area contributed by atoms with Gasteiger partial charge in [0, 0.05) is 44.7 Å². The third-order valence-electron chi connectivity index (χ3n) is 2.79. The molecule has 2 heterocycles. The molecule has 2 rings (SSSR count). The molecule has 0 unspecified atom stereocenters. The lowest BCUT2D eigenvalue weighted by molar-refractivity contribution is -0.0617. The SMILES string of the molecule is OC1(CNCc2ccoc2)CCOCC1. The molecule has 4 nitrogen and oxygen atoms in total. The second-order valence-corrected chi connectivity index (χ2v) is 4.07. The molecule has 0 aromatic carbocycles. The Morgan fingerprint density at radius 3 is 2.87 bits per heavy atom. The van der Waals surface area contributed by atoms with Crippen molar-refractivity contribution in [2.24, 2.45) is 0 Å². The highest BCUT2D eigenvalue weighted by atomic mass is 16.5. The molecule has 0 saturated carbocycles. The number of ether oxygens (including phenoxy) is 1. The lowest BCUT2D eigenvalue weighted by atomic mass is 9.94. The van der Waals surface area contributed by atoms with Gasteiger partial charge in [-0.15, -0.1) is 0 Å². The molecule has 4 heteroatoms. The minimum Gasteiger partial charge on any atom is -0.472 e. The lowest BCUT2D eigenvalue weighted by Crippen LogP contribution is -2.44. The quantitative estimate of drug-likeness (QED) is 0.777. The van der Waals surface area contributed by atoms with Crippen molar-refractivity contribution in [3.8, 4) is 0 Å². The summed E-state index contributed by atoms with van der Waals surface area (Å²) in [5.41, 5.74) is 0.507. The fourth-order valence-corrected chi connectivity index (χ4v) is 1.76. The van der Waals surface area contributed by atoms with Crippen LogP contribution in [0.25, 0.3) is 0 Å². The fourth-order valence-electron chi connectivity index (χ4n) is 1.76. The Kier molecular flexibility index (Phi) is 3.41. The van der Waals surface area contributed by atoms with Gasteiger partial charge in [-0.1, -0.05) is 0 Å². The van der Waals surface area contributed by atoms with Crippen molar-refractivity contribution in [3.63, 3.8) is 0 Å². The van der Waals surface area contributed by atoms with E-state index in [4.69, 9.17) is 9.15 Å². The van der Waals surface area contributed by atoms with Crippen LogP contribution in [0.2, 0.25) is 0 Å². The van der Waals surface area contributed by atoms with Crippen LogP contribution in [0.4, 0.5) is 0 Å². The molecule has 0 spiro atoms. The maximum absolute atomic E-state index is 10.1. The maximum Gasteiger partial charge on any atom is 0.0947 e. The second kappa shape index (κ2) is 4.79. The van der Waals surface area contributed by atoms with Crippen molar-refractivity contribution < 1.29 is 14.3 Å². The Morgan fingerprint density at radius 1 is 1.40 bits per heavy atom. The van der Waals surface area contributed by atoms with Gasteiger partial charge in [0.25, 0.3) is 0 Å². The zero-order chi connectivity index (χ0) is 10.6. The van der Waals surface area contributed by atoms with E-state index in [2.05, 4.69) is 5.32 Å². The number of nitrogens with one attached hydrogen (secondary N) is 1. The van der Waals surface area contributed by atoms with E-state index >= 15 is 0 Å². The molecule has 1 aliphatic heterocycles. The molecule has 1 saturated heterocycles. The minimum absolute atomic E-state index is 0.595. The van der Waals surface area contributed by atoms with Gasteiger partial charge in [-0.2, -0.15) is 0 Å². The first kappa shape index (κ1) is 10.7. The largest absolute Gasteiger partial charge is 0.472 e. The minimum atomic E-state index is -0.595. The zero-order valence-electron chi connectivity index (χ0n) is 8.74. The summed E-state index contributed by atoms with van der Waals surface area (Å²) in [5, 5.41) is 13.4. The van der Waals surface area contributed by atoms with Gasteiger partial charge in [0.05, 0.1) is 18.1 Å². The van der Waals surface area contributed by atoms with Crippen molar-refractivity contribution in [1.82, 2.24) is 5.32 Å². The van der Waals surface area contributed by atoms with Crippen LogP contribution in [0.1, 0.15) is 18.4 Å². The second-order valence-electron chi connectivity index (χ2n) is 4.07. The van der Waals surface area contributed by atoms with Gasteiger partial charge in [0.1, 0.15) is 0 Å². The maximum atomic E-state index is 10.1. The Hall–Kier alpha value is -0.840. The summed E-state index contributed by atoms with van der Waals surface area (Å²) in [6.07, 6.45) is 4.79. The van der Waals surface area contributed by atoms with E-state index < -0.39 is 5.60 Å². The van der Waals surface area contributed by atoms with Gasteiger partial charge in [-0.3, -0.25) is 0 Å². The van der Waals surface area contributed by atoms with E-state index in [1.807, 2.05) is 6.07 Å². The molecular weight excluding hydrogens is 194 g/mol. The standard InChI is InChI=1S/C11H17NO3/c13-11(2-5-14-6-3-11)9-12-7-10-1-4-15-8-10/h1,4,8,12-13H,2-3,5-7,9H2. The van der Waals surface area contributed by atoms with E-state index in [1.54, 1.807) is 12.5 Å². The topological polar surface area (TPSA) is 54.6 Å². The molecule has 0 atom stereocenters. The lowest BCUT2D eigenvalue weighted by Gasteiger charge is -2.32. The smallest absolute Gasteiger partial charge is 0.0947 e. The number of furan rings is 1. The summed E-state index contributed by atoms with van der Waals surface area (Å²) in [5.74, 6) is 0. The molecular formula is C11H17NO3. The predicted molar refractivity (Wildman–Crippen MR) is 55.4 cm³/mol. The molecule has 0 aliphatic carbocycles. The van der Waals surface area contributed by atoms with E-state index in [9.17, 15) is 5.11 Å². The number of rotatable bonds is 4. The molecule has 2 N–H and O–H groups in total. The van der Waals surface area contributed by atoms with Crippen molar-refractivity contribution in [2.75, 3.05) is 19.8 Å². The Balaban J connectivity index is 1.72. The Bertz CT molecular complexity index is 278. The molecule has 15 heavy (non-hydrogen) atoms. The summed E-state index contributed by atoms with van der Waals surface area (Å²) < 4.78 is 10.2. The van der Waals surface area contributed by atoms with E-state index in [0.717, 1.165) is 12.1 Å². The summed E-state index contributed by atoms with van der Waals surface area (Å²) in [4.78, 5) is 0. The van der Waals surface area contributed by atoms with Gasteiger partial charge < -0.3 is 19.6 Å². The first-order valence-electron chi connectivity index (χ1n) is 5.30. The van der Waals surface area contributed by atoms with Gasteiger partial charge in [0.2, 0.25) is 0 Å². The van der Waals surface area contributed by atoms with Crippen LogP contribution in [0, 0.1) is 0 Å². The third kappa shape index (κ3) is 3.06. The average molecular weight is 211 g/mol. The highest BCUT2D eigenvalue weighted by Crippen LogP contribution is 2.19. The summed E-state index contributed by atoms with van der Waals surface area (Å²) >= 11 is 0. The average Bonchev–Trinajstić information content (AvgIpc) is 2.71. The molecule has 1 aromatic heterocycles. The molecule has 84 valence electrons. The van der Waals surface area contributed by atoms with E-state index in [-0.39, 0.29) is 0 Å². The predicted octanol–water partition coefficient (Wildman–Crippen LogP) is 0.911.